The molecule has 0 amide bonds. The van der Waals surface area contributed by atoms with Crippen molar-refractivity contribution in [1.82, 2.24) is 4.72 Å². The van der Waals surface area contributed by atoms with Gasteiger partial charge in [0.05, 0.1) is 11.5 Å². The second-order valence-electron chi connectivity index (χ2n) is 2.84. The predicted octanol–water partition coefficient (Wildman–Crippen LogP) is 1.95. The lowest BCUT2D eigenvalue weighted by atomic mass is 10.3. The zero-order valence-electron chi connectivity index (χ0n) is 7.42. The van der Waals surface area contributed by atoms with Crippen LogP contribution in [0.25, 0.3) is 0 Å². The average Bonchev–Trinajstić information content (AvgIpc) is 2.00. The van der Waals surface area contributed by atoms with Crippen LogP contribution < -0.4 is 4.72 Å². The second-order valence-corrected chi connectivity index (χ2v) is 4.73. The molecule has 0 aliphatic heterocycles. The summed E-state index contributed by atoms with van der Waals surface area (Å²) in [6.45, 7) is 11.1. The van der Waals surface area contributed by atoms with Crippen molar-refractivity contribution in [2.75, 3.05) is 6.61 Å². The van der Waals surface area contributed by atoms with E-state index in [1.807, 2.05) is 6.92 Å². The number of thiol groups is 1. The van der Waals surface area contributed by atoms with Gasteiger partial charge in [0.15, 0.2) is 0 Å². The molecule has 1 unspecified atom stereocenters. The Morgan fingerprint density at radius 3 is 2.50 bits per heavy atom. The summed E-state index contributed by atoms with van der Waals surface area (Å²) in [4.78, 5) is 0.270. The van der Waals surface area contributed by atoms with Gasteiger partial charge in [0.2, 0.25) is 0 Å². The van der Waals surface area contributed by atoms with Crippen molar-refractivity contribution in [1.29, 1.82) is 0 Å². The smallest absolute Gasteiger partial charge is 0.0914 e. The highest BCUT2D eigenvalue weighted by atomic mass is 32.2. The summed E-state index contributed by atoms with van der Waals surface area (Å²) in [7, 11) is 0. The van der Waals surface area contributed by atoms with Crippen molar-refractivity contribution < 1.29 is 5.11 Å². The summed E-state index contributed by atoms with van der Waals surface area (Å²) in [5, 5.41) is 8.84. The molecular formula is C8H15NOS2. The SMILES string of the molecule is C=C(C)C(=C)SNC(C)(S)CO. The molecule has 0 spiro atoms. The highest BCUT2D eigenvalue weighted by molar-refractivity contribution is 8.02. The third kappa shape index (κ3) is 4.87. The lowest BCUT2D eigenvalue weighted by Crippen LogP contribution is -2.35. The van der Waals surface area contributed by atoms with E-state index in [-0.39, 0.29) is 6.61 Å². The lowest BCUT2D eigenvalue weighted by molar-refractivity contribution is 0.253. The van der Waals surface area contributed by atoms with E-state index in [1.54, 1.807) is 6.92 Å². The fourth-order valence-electron chi connectivity index (χ4n) is 0.291. The van der Waals surface area contributed by atoms with Crippen LogP contribution in [0, 0.1) is 0 Å². The first-order valence-electron chi connectivity index (χ1n) is 3.51. The molecule has 0 bridgehead atoms. The molecule has 2 N–H and O–H groups in total. The zero-order chi connectivity index (χ0) is 9.78. The Balaban J connectivity index is 3.83. The third-order valence-electron chi connectivity index (χ3n) is 1.18. The molecule has 12 heavy (non-hydrogen) atoms. The van der Waals surface area contributed by atoms with Gasteiger partial charge in [0.25, 0.3) is 0 Å². The first-order valence-corrected chi connectivity index (χ1v) is 4.77. The molecule has 0 aromatic carbocycles. The van der Waals surface area contributed by atoms with E-state index in [9.17, 15) is 0 Å². The number of rotatable bonds is 5. The molecule has 0 radical (unpaired) electrons. The summed E-state index contributed by atoms with van der Waals surface area (Å²) in [6, 6.07) is 0. The van der Waals surface area contributed by atoms with Crippen LogP contribution in [0.3, 0.4) is 0 Å². The number of allylic oxidation sites excluding steroid dienone is 1. The molecule has 0 saturated heterocycles. The van der Waals surface area contributed by atoms with E-state index in [1.165, 1.54) is 11.9 Å². The minimum absolute atomic E-state index is 0.0351. The van der Waals surface area contributed by atoms with Crippen LogP contribution in [0.5, 0.6) is 0 Å². The Morgan fingerprint density at radius 1 is 1.67 bits per heavy atom. The van der Waals surface area contributed by atoms with Crippen LogP contribution in [0.4, 0.5) is 0 Å². The fourth-order valence-corrected chi connectivity index (χ4v) is 1.01. The summed E-state index contributed by atoms with van der Waals surface area (Å²) in [6.07, 6.45) is 0. The molecular weight excluding hydrogens is 190 g/mol. The first kappa shape index (κ1) is 12.1. The molecule has 0 aromatic rings. The van der Waals surface area contributed by atoms with Crippen molar-refractivity contribution in [3.8, 4) is 0 Å². The monoisotopic (exact) mass is 205 g/mol. The quantitative estimate of drug-likeness (QED) is 0.278. The standard InChI is InChI=1S/C8H15NOS2/c1-6(2)7(3)12-9-8(4,11)5-10/h9-11H,1,3,5H2,2,4H3. The van der Waals surface area contributed by atoms with Crippen LogP contribution in [-0.4, -0.2) is 16.6 Å². The van der Waals surface area contributed by atoms with Gasteiger partial charge >= 0.3 is 0 Å². The summed E-state index contributed by atoms with van der Waals surface area (Å²) < 4.78 is 2.96. The minimum atomic E-state index is -0.580. The van der Waals surface area contributed by atoms with Crippen molar-refractivity contribution in [2.24, 2.45) is 0 Å². The summed E-state index contributed by atoms with van der Waals surface area (Å²) in [5.41, 5.74) is 0.912. The van der Waals surface area contributed by atoms with Gasteiger partial charge in [-0.3, -0.25) is 0 Å². The van der Waals surface area contributed by atoms with E-state index in [4.69, 9.17) is 5.11 Å². The van der Waals surface area contributed by atoms with Crippen LogP contribution in [0.15, 0.2) is 23.6 Å². The van der Waals surface area contributed by atoms with Gasteiger partial charge in [0, 0.05) is 4.91 Å². The van der Waals surface area contributed by atoms with E-state index < -0.39 is 4.87 Å². The van der Waals surface area contributed by atoms with Crippen molar-refractivity contribution in [3.05, 3.63) is 23.6 Å². The Hall–Kier alpha value is 0.1000. The number of nitrogens with one attached hydrogen (secondary N) is 1. The van der Waals surface area contributed by atoms with Gasteiger partial charge in [-0.25, -0.2) is 4.72 Å². The van der Waals surface area contributed by atoms with Crippen molar-refractivity contribution in [3.63, 3.8) is 0 Å². The molecule has 0 heterocycles. The highest BCUT2D eigenvalue weighted by Crippen LogP contribution is 2.21. The van der Waals surface area contributed by atoms with Gasteiger partial charge < -0.3 is 5.11 Å². The Bertz CT molecular complexity index is 189. The maximum Gasteiger partial charge on any atom is 0.0914 e. The van der Waals surface area contributed by atoms with Gasteiger partial charge in [0.1, 0.15) is 0 Å². The van der Waals surface area contributed by atoms with E-state index in [0.717, 1.165) is 10.5 Å². The Kier molecular flexibility index (Phi) is 5.01. The maximum absolute atomic E-state index is 8.84. The summed E-state index contributed by atoms with van der Waals surface area (Å²) >= 11 is 5.51. The molecule has 1 atom stereocenters. The maximum atomic E-state index is 8.84. The highest BCUT2D eigenvalue weighted by Gasteiger charge is 2.16. The summed E-state index contributed by atoms with van der Waals surface area (Å²) in [5.74, 6) is 0. The van der Waals surface area contributed by atoms with E-state index in [0.29, 0.717) is 0 Å². The number of hydrogen-bond donors (Lipinski definition) is 3. The van der Waals surface area contributed by atoms with Crippen LogP contribution in [0.1, 0.15) is 13.8 Å². The number of aliphatic hydroxyl groups excluding tert-OH is 1. The third-order valence-corrected chi connectivity index (χ3v) is 2.73. The normalized spacial score (nSPS) is 15.3. The van der Waals surface area contributed by atoms with Crippen LogP contribution in [-0.2, 0) is 0 Å². The number of hydrogen-bond acceptors (Lipinski definition) is 4. The largest absolute Gasteiger partial charge is 0.394 e. The minimum Gasteiger partial charge on any atom is -0.394 e. The fraction of sp³-hybridized carbons (Fsp3) is 0.500. The second kappa shape index (κ2) is 4.97. The van der Waals surface area contributed by atoms with Gasteiger partial charge in [-0.2, -0.15) is 12.6 Å². The number of aliphatic hydroxyl groups is 1. The predicted molar refractivity (Wildman–Crippen MR) is 59.2 cm³/mol. The Labute approximate surface area is 83.7 Å². The van der Waals surface area contributed by atoms with E-state index >= 15 is 0 Å². The van der Waals surface area contributed by atoms with Crippen molar-refractivity contribution >= 4 is 24.6 Å². The first-order chi connectivity index (χ1) is 5.39. The molecule has 0 aliphatic rings. The lowest BCUT2D eigenvalue weighted by Gasteiger charge is -2.21. The molecule has 0 aliphatic carbocycles. The average molecular weight is 205 g/mol. The molecule has 0 saturated carbocycles. The van der Waals surface area contributed by atoms with E-state index in [2.05, 4.69) is 30.5 Å². The van der Waals surface area contributed by atoms with Gasteiger partial charge in [-0.15, -0.1) is 0 Å². The molecule has 0 rings (SSSR count). The molecule has 0 fully saturated rings. The van der Waals surface area contributed by atoms with Gasteiger partial charge in [-0.05, 0) is 31.4 Å². The molecule has 4 heteroatoms. The molecule has 0 aromatic heterocycles. The Morgan fingerprint density at radius 2 is 2.17 bits per heavy atom. The van der Waals surface area contributed by atoms with Gasteiger partial charge in [-0.1, -0.05) is 13.2 Å². The zero-order valence-corrected chi connectivity index (χ0v) is 9.13. The molecule has 2 nitrogen and oxygen atoms in total. The van der Waals surface area contributed by atoms with Crippen LogP contribution in [0.2, 0.25) is 0 Å². The topological polar surface area (TPSA) is 32.3 Å². The molecule has 70 valence electrons. The van der Waals surface area contributed by atoms with Crippen LogP contribution >= 0.6 is 24.6 Å². The van der Waals surface area contributed by atoms with Crippen molar-refractivity contribution in [2.45, 2.75) is 18.7 Å².